The fourth-order valence-corrected chi connectivity index (χ4v) is 4.47. The van der Waals surface area contributed by atoms with Crippen molar-refractivity contribution in [3.63, 3.8) is 0 Å². The topological polar surface area (TPSA) is 87.6 Å². The van der Waals surface area contributed by atoms with Crippen LogP contribution in [0, 0.1) is 6.92 Å². The first-order valence-corrected chi connectivity index (χ1v) is 11.9. The Bertz CT molecular complexity index is 1340. The number of alkyl carbamates (subject to hydrolysis) is 1. The highest BCUT2D eigenvalue weighted by molar-refractivity contribution is 5.92. The van der Waals surface area contributed by atoms with Crippen LogP contribution in [0.3, 0.4) is 0 Å². The monoisotopic (exact) mass is 468 g/mol. The smallest absolute Gasteiger partial charge is 0.407 e. The number of para-hydroxylation sites is 1. The van der Waals surface area contributed by atoms with E-state index in [9.17, 15) is 9.90 Å². The average Bonchev–Trinajstić information content (AvgIpc) is 2.88. The third-order valence-electron chi connectivity index (χ3n) is 6.23. The maximum absolute atomic E-state index is 12.4. The lowest BCUT2D eigenvalue weighted by Crippen LogP contribution is -2.48. The van der Waals surface area contributed by atoms with Gasteiger partial charge >= 0.3 is 6.09 Å². The van der Waals surface area contributed by atoms with Crippen molar-refractivity contribution in [1.29, 1.82) is 0 Å². The Kier molecular flexibility index (Phi) is 6.48. The van der Waals surface area contributed by atoms with Gasteiger partial charge in [0.1, 0.15) is 18.2 Å². The summed E-state index contributed by atoms with van der Waals surface area (Å²) in [6.07, 6.45) is 1.36. The molecular formula is C28H28N4O3. The van der Waals surface area contributed by atoms with E-state index in [2.05, 4.69) is 16.3 Å². The van der Waals surface area contributed by atoms with Gasteiger partial charge in [-0.2, -0.15) is 0 Å². The molecule has 0 aliphatic carbocycles. The molecule has 0 bridgehead atoms. The van der Waals surface area contributed by atoms with Crippen LogP contribution in [0.2, 0.25) is 0 Å². The molecule has 35 heavy (non-hydrogen) atoms. The van der Waals surface area contributed by atoms with Gasteiger partial charge in [-0.3, -0.25) is 0 Å². The Balaban J connectivity index is 1.38. The molecule has 1 amide bonds. The molecule has 2 heterocycles. The molecule has 1 fully saturated rings. The Labute approximate surface area is 204 Å². The summed E-state index contributed by atoms with van der Waals surface area (Å²) in [4.78, 5) is 24.3. The van der Waals surface area contributed by atoms with Crippen molar-refractivity contribution in [3.8, 4) is 17.1 Å². The van der Waals surface area contributed by atoms with Crippen LogP contribution in [-0.4, -0.2) is 40.3 Å². The first kappa shape index (κ1) is 22.7. The molecule has 1 saturated heterocycles. The number of nitrogens with zero attached hydrogens (tertiary/aromatic N) is 3. The van der Waals surface area contributed by atoms with Gasteiger partial charge in [-0.1, -0.05) is 48.5 Å². The lowest BCUT2D eigenvalue weighted by molar-refractivity contribution is 0.134. The molecule has 7 heteroatoms. The van der Waals surface area contributed by atoms with Gasteiger partial charge in [0.05, 0.1) is 11.1 Å². The molecule has 3 aromatic carbocycles. The number of benzene rings is 3. The fraction of sp³-hybridized carbons (Fsp3) is 0.250. The van der Waals surface area contributed by atoms with Crippen molar-refractivity contribution in [1.82, 2.24) is 15.3 Å². The fourth-order valence-electron chi connectivity index (χ4n) is 4.47. The van der Waals surface area contributed by atoms with E-state index in [-0.39, 0.29) is 18.4 Å². The molecule has 0 unspecified atom stereocenters. The number of carbonyl (C=O) groups is 1. The molecule has 1 aliphatic heterocycles. The van der Waals surface area contributed by atoms with Gasteiger partial charge in [-0.05, 0) is 55.2 Å². The van der Waals surface area contributed by atoms with Gasteiger partial charge in [0.25, 0.3) is 0 Å². The molecule has 1 atom stereocenters. The minimum atomic E-state index is -0.418. The zero-order valence-corrected chi connectivity index (χ0v) is 19.6. The van der Waals surface area contributed by atoms with E-state index >= 15 is 0 Å². The lowest BCUT2D eigenvalue weighted by Gasteiger charge is -2.34. The first-order chi connectivity index (χ1) is 17.1. The number of phenols is 1. The van der Waals surface area contributed by atoms with Crippen LogP contribution in [0.25, 0.3) is 22.3 Å². The van der Waals surface area contributed by atoms with E-state index in [1.165, 1.54) is 0 Å². The van der Waals surface area contributed by atoms with Gasteiger partial charge in [-0.15, -0.1) is 0 Å². The number of aromatic hydroxyl groups is 1. The number of aryl methyl sites for hydroxylation is 1. The van der Waals surface area contributed by atoms with E-state index in [4.69, 9.17) is 14.7 Å². The predicted octanol–water partition coefficient (Wildman–Crippen LogP) is 5.21. The first-order valence-electron chi connectivity index (χ1n) is 11.9. The summed E-state index contributed by atoms with van der Waals surface area (Å²) in [5.41, 5.74) is 3.47. The Morgan fingerprint density at radius 3 is 2.71 bits per heavy atom. The molecule has 2 N–H and O–H groups in total. The van der Waals surface area contributed by atoms with E-state index in [0.717, 1.165) is 47.2 Å². The van der Waals surface area contributed by atoms with Gasteiger partial charge in [-0.25, -0.2) is 14.8 Å². The van der Waals surface area contributed by atoms with E-state index in [0.29, 0.717) is 17.9 Å². The molecule has 4 aromatic rings. The predicted molar refractivity (Wildman–Crippen MR) is 136 cm³/mol. The molecule has 0 saturated carbocycles. The molecule has 0 spiro atoms. The second kappa shape index (κ2) is 10.0. The highest BCUT2D eigenvalue weighted by Gasteiger charge is 2.25. The second-order valence-electron chi connectivity index (χ2n) is 8.90. The average molecular weight is 469 g/mol. The number of piperidine rings is 1. The summed E-state index contributed by atoms with van der Waals surface area (Å²) in [7, 11) is 0. The third-order valence-corrected chi connectivity index (χ3v) is 6.23. The van der Waals surface area contributed by atoms with Crippen LogP contribution in [-0.2, 0) is 11.3 Å². The summed E-state index contributed by atoms with van der Waals surface area (Å²) in [5, 5.41) is 14.4. The summed E-state index contributed by atoms with van der Waals surface area (Å²) < 4.78 is 5.42. The highest BCUT2D eigenvalue weighted by Crippen LogP contribution is 2.33. The number of aromatic nitrogens is 2. The number of nitrogens with one attached hydrogen (secondary N) is 1. The Morgan fingerprint density at radius 2 is 1.89 bits per heavy atom. The standard InChI is InChI=1S/C28H28N4O3/c1-19-13-14-22-24(16-19)30-26(23-11-5-6-12-25(23)33)31-27(22)32-15-7-10-21(17-32)29-28(34)35-18-20-8-3-2-4-9-20/h2-6,8-9,11-14,16,21,33H,7,10,15,17-18H2,1H3,(H,29,34)/t21-/m0/s1. The Hall–Kier alpha value is -4.13. The summed E-state index contributed by atoms with van der Waals surface area (Å²) in [6.45, 7) is 3.70. The van der Waals surface area contributed by atoms with Crippen molar-refractivity contribution in [2.45, 2.75) is 32.4 Å². The van der Waals surface area contributed by atoms with E-state index in [1.807, 2.05) is 61.5 Å². The van der Waals surface area contributed by atoms with Crippen LogP contribution < -0.4 is 10.2 Å². The molecule has 0 radical (unpaired) electrons. The lowest BCUT2D eigenvalue weighted by atomic mass is 10.0. The number of phenolic OH excluding ortho intramolecular Hbond substituents is 1. The maximum Gasteiger partial charge on any atom is 0.407 e. The van der Waals surface area contributed by atoms with Crippen molar-refractivity contribution in [2.75, 3.05) is 18.0 Å². The van der Waals surface area contributed by atoms with Gasteiger partial charge < -0.3 is 20.1 Å². The molecule has 1 aliphatic rings. The molecule has 178 valence electrons. The number of rotatable bonds is 5. The number of carbonyl (C=O) groups excluding carboxylic acids is 1. The summed E-state index contributed by atoms with van der Waals surface area (Å²) >= 11 is 0. The van der Waals surface area contributed by atoms with Crippen molar-refractivity contribution in [2.24, 2.45) is 0 Å². The molecule has 7 nitrogen and oxygen atoms in total. The number of fused-ring (bicyclic) bond motifs is 1. The normalized spacial score (nSPS) is 15.7. The Morgan fingerprint density at radius 1 is 1.09 bits per heavy atom. The minimum absolute atomic E-state index is 0.0592. The molecular weight excluding hydrogens is 440 g/mol. The minimum Gasteiger partial charge on any atom is -0.507 e. The van der Waals surface area contributed by atoms with Crippen LogP contribution in [0.4, 0.5) is 10.6 Å². The molecule has 5 rings (SSSR count). The SMILES string of the molecule is Cc1ccc2c(N3CCC[C@H](NC(=O)OCc4ccccc4)C3)nc(-c3ccccc3O)nc2c1. The quantitative estimate of drug-likeness (QED) is 0.418. The zero-order chi connectivity index (χ0) is 24.2. The van der Waals surface area contributed by atoms with Crippen molar-refractivity contribution >= 4 is 22.8 Å². The third kappa shape index (κ3) is 5.19. The largest absolute Gasteiger partial charge is 0.507 e. The van der Waals surface area contributed by atoms with Gasteiger partial charge in [0.2, 0.25) is 0 Å². The van der Waals surface area contributed by atoms with Crippen molar-refractivity contribution in [3.05, 3.63) is 83.9 Å². The van der Waals surface area contributed by atoms with E-state index in [1.54, 1.807) is 12.1 Å². The number of anilines is 1. The van der Waals surface area contributed by atoms with Gasteiger partial charge in [0, 0.05) is 24.5 Å². The number of amides is 1. The summed E-state index contributed by atoms with van der Waals surface area (Å²) in [6, 6.07) is 22.8. The van der Waals surface area contributed by atoms with E-state index < -0.39 is 6.09 Å². The number of hydrogen-bond donors (Lipinski definition) is 2. The van der Waals surface area contributed by atoms with Gasteiger partial charge in [0.15, 0.2) is 5.82 Å². The van der Waals surface area contributed by atoms with Crippen LogP contribution in [0.1, 0.15) is 24.0 Å². The summed E-state index contributed by atoms with van der Waals surface area (Å²) in [5.74, 6) is 1.43. The maximum atomic E-state index is 12.4. The molecule has 1 aromatic heterocycles. The van der Waals surface area contributed by atoms with Crippen molar-refractivity contribution < 1.29 is 14.6 Å². The number of ether oxygens (including phenoxy) is 1. The van der Waals surface area contributed by atoms with Crippen LogP contribution >= 0.6 is 0 Å². The second-order valence-corrected chi connectivity index (χ2v) is 8.90. The van der Waals surface area contributed by atoms with Crippen LogP contribution in [0.5, 0.6) is 5.75 Å². The number of hydrogen-bond acceptors (Lipinski definition) is 6. The zero-order valence-electron chi connectivity index (χ0n) is 19.6. The van der Waals surface area contributed by atoms with Crippen LogP contribution in [0.15, 0.2) is 72.8 Å². The highest BCUT2D eigenvalue weighted by atomic mass is 16.5.